The van der Waals surface area contributed by atoms with Crippen LogP contribution in [0, 0.1) is 11.3 Å². The van der Waals surface area contributed by atoms with E-state index in [1.807, 2.05) is 31.5 Å². The molecule has 1 aromatic heterocycles. The Bertz CT molecular complexity index is 573. The lowest BCUT2D eigenvalue weighted by atomic mass is 10.2. The van der Waals surface area contributed by atoms with E-state index in [1.54, 1.807) is 0 Å². The van der Waals surface area contributed by atoms with Gasteiger partial charge in [-0.15, -0.1) is 0 Å². The fourth-order valence-corrected chi connectivity index (χ4v) is 2.02. The van der Waals surface area contributed by atoms with E-state index in [0.29, 0.717) is 0 Å². The molecule has 0 aliphatic rings. The van der Waals surface area contributed by atoms with Gasteiger partial charge in [-0.25, -0.2) is 0 Å². The zero-order valence-corrected chi connectivity index (χ0v) is 9.82. The summed E-state index contributed by atoms with van der Waals surface area (Å²) < 4.78 is 3.10. The second-order valence-electron chi connectivity index (χ2n) is 3.32. The van der Waals surface area contributed by atoms with Gasteiger partial charge >= 0.3 is 0 Å². The Morgan fingerprint density at radius 2 is 2.27 bits per heavy atom. The molecule has 0 radical (unpaired) electrons. The van der Waals surface area contributed by atoms with Gasteiger partial charge in [0.15, 0.2) is 0 Å². The highest BCUT2D eigenvalue weighted by Gasteiger charge is 2.03. The summed E-state index contributed by atoms with van der Waals surface area (Å²) >= 11 is 3.45. The smallest absolute Gasteiger partial charge is 0.0912 e. The number of hydrogen-bond acceptors (Lipinski definition) is 1. The average molecular weight is 261 g/mol. The predicted molar refractivity (Wildman–Crippen MR) is 65.3 cm³/mol. The number of hydrogen-bond donors (Lipinski definition) is 0. The third-order valence-corrected chi connectivity index (χ3v) is 2.81. The minimum absolute atomic E-state index is 1.05. The highest BCUT2D eigenvalue weighted by atomic mass is 79.9. The van der Waals surface area contributed by atoms with Gasteiger partial charge in [0.05, 0.1) is 6.07 Å². The van der Waals surface area contributed by atoms with Crippen LogP contribution in [0.1, 0.15) is 5.56 Å². The topological polar surface area (TPSA) is 28.7 Å². The highest BCUT2D eigenvalue weighted by molar-refractivity contribution is 9.10. The first-order valence-electron chi connectivity index (χ1n) is 4.53. The van der Waals surface area contributed by atoms with Crippen LogP contribution in [0.2, 0.25) is 0 Å². The molecule has 2 nitrogen and oxygen atoms in total. The standard InChI is InChI=1S/C12H9BrN2/c1-15-8-9(3-2-6-14)11-7-10(13)4-5-12(11)15/h2-5,7-8H,1H3. The molecule has 0 aliphatic heterocycles. The molecule has 1 heterocycles. The lowest BCUT2D eigenvalue weighted by Gasteiger charge is -1.95. The van der Waals surface area contributed by atoms with Gasteiger partial charge in [0.25, 0.3) is 0 Å². The summed E-state index contributed by atoms with van der Waals surface area (Å²) in [5, 5.41) is 9.66. The molecular formula is C12H9BrN2. The van der Waals surface area contributed by atoms with Crippen LogP contribution < -0.4 is 0 Å². The van der Waals surface area contributed by atoms with Gasteiger partial charge in [-0.05, 0) is 24.3 Å². The summed E-state index contributed by atoms with van der Waals surface area (Å²) in [4.78, 5) is 0. The van der Waals surface area contributed by atoms with E-state index in [2.05, 4.69) is 32.6 Å². The molecule has 1 aromatic carbocycles. The molecule has 0 bridgehead atoms. The molecule has 0 amide bonds. The van der Waals surface area contributed by atoms with Crippen molar-refractivity contribution in [2.45, 2.75) is 0 Å². The molecule has 0 atom stereocenters. The quantitative estimate of drug-likeness (QED) is 0.722. The highest BCUT2D eigenvalue weighted by Crippen LogP contribution is 2.25. The third-order valence-electron chi connectivity index (χ3n) is 2.32. The number of nitriles is 1. The Morgan fingerprint density at radius 3 is 3.00 bits per heavy atom. The molecule has 0 saturated heterocycles. The SMILES string of the molecule is Cn1cc(C=CC#N)c2cc(Br)ccc21. The van der Waals surface area contributed by atoms with Gasteiger partial charge in [-0.3, -0.25) is 0 Å². The van der Waals surface area contributed by atoms with Crippen molar-refractivity contribution in [2.75, 3.05) is 0 Å². The zero-order chi connectivity index (χ0) is 10.8. The van der Waals surface area contributed by atoms with E-state index < -0.39 is 0 Å². The third kappa shape index (κ3) is 1.81. The fourth-order valence-electron chi connectivity index (χ4n) is 1.65. The number of benzene rings is 1. The Labute approximate surface area is 96.6 Å². The van der Waals surface area contributed by atoms with Crippen molar-refractivity contribution < 1.29 is 0 Å². The maximum Gasteiger partial charge on any atom is 0.0912 e. The van der Waals surface area contributed by atoms with E-state index in [1.165, 1.54) is 6.08 Å². The molecule has 0 unspecified atom stereocenters. The van der Waals surface area contributed by atoms with Gasteiger partial charge in [0, 0.05) is 40.3 Å². The van der Waals surface area contributed by atoms with Crippen molar-refractivity contribution in [3.05, 3.63) is 40.5 Å². The lowest BCUT2D eigenvalue weighted by Crippen LogP contribution is -1.82. The first-order chi connectivity index (χ1) is 7.22. The number of allylic oxidation sites excluding steroid dienone is 1. The minimum Gasteiger partial charge on any atom is -0.350 e. The van der Waals surface area contributed by atoms with Crippen LogP contribution in [0.3, 0.4) is 0 Å². The second-order valence-corrected chi connectivity index (χ2v) is 4.23. The lowest BCUT2D eigenvalue weighted by molar-refractivity contribution is 0.968. The Kier molecular flexibility index (Phi) is 2.61. The van der Waals surface area contributed by atoms with Crippen LogP contribution in [0.5, 0.6) is 0 Å². The Hall–Kier alpha value is -1.53. The van der Waals surface area contributed by atoms with Gasteiger partial charge in [0.1, 0.15) is 0 Å². The van der Waals surface area contributed by atoms with Crippen molar-refractivity contribution in [1.29, 1.82) is 5.26 Å². The fraction of sp³-hybridized carbons (Fsp3) is 0.0833. The molecule has 0 N–H and O–H groups in total. The largest absolute Gasteiger partial charge is 0.350 e. The minimum atomic E-state index is 1.05. The average Bonchev–Trinajstić information content (AvgIpc) is 2.52. The normalized spacial score (nSPS) is 11.0. The van der Waals surface area contributed by atoms with Crippen LogP contribution in [-0.2, 0) is 7.05 Å². The van der Waals surface area contributed by atoms with E-state index in [9.17, 15) is 0 Å². The van der Waals surface area contributed by atoms with E-state index in [4.69, 9.17) is 5.26 Å². The predicted octanol–water partition coefficient (Wildman–Crippen LogP) is 3.48. The van der Waals surface area contributed by atoms with E-state index in [-0.39, 0.29) is 0 Å². The molecule has 3 heteroatoms. The molecule has 15 heavy (non-hydrogen) atoms. The van der Waals surface area contributed by atoms with Crippen LogP contribution in [0.15, 0.2) is 34.9 Å². The maximum atomic E-state index is 8.51. The first-order valence-corrected chi connectivity index (χ1v) is 5.32. The second kappa shape index (κ2) is 3.92. The number of aromatic nitrogens is 1. The molecule has 74 valence electrons. The van der Waals surface area contributed by atoms with Crippen molar-refractivity contribution in [2.24, 2.45) is 7.05 Å². The molecule has 2 rings (SSSR count). The molecule has 0 saturated carbocycles. The zero-order valence-electron chi connectivity index (χ0n) is 8.24. The molecule has 0 spiro atoms. The first kappa shape index (κ1) is 10.0. The summed E-state index contributed by atoms with van der Waals surface area (Å²) in [6.45, 7) is 0. The summed E-state index contributed by atoms with van der Waals surface area (Å²) in [5.41, 5.74) is 2.23. The number of nitrogens with zero attached hydrogens (tertiary/aromatic N) is 2. The van der Waals surface area contributed by atoms with Crippen LogP contribution in [0.25, 0.3) is 17.0 Å². The summed E-state index contributed by atoms with van der Waals surface area (Å²) in [7, 11) is 2.00. The summed E-state index contributed by atoms with van der Waals surface area (Å²) in [6.07, 6.45) is 5.34. The van der Waals surface area contributed by atoms with Crippen LogP contribution in [-0.4, -0.2) is 4.57 Å². The van der Waals surface area contributed by atoms with Gasteiger partial charge < -0.3 is 4.57 Å². The van der Waals surface area contributed by atoms with Gasteiger partial charge in [-0.2, -0.15) is 5.26 Å². The monoisotopic (exact) mass is 260 g/mol. The summed E-state index contributed by atoms with van der Waals surface area (Å²) in [6, 6.07) is 8.14. The van der Waals surface area contributed by atoms with Crippen molar-refractivity contribution in [3.8, 4) is 6.07 Å². The number of aryl methyl sites for hydroxylation is 1. The Balaban J connectivity index is 2.71. The van der Waals surface area contributed by atoms with Crippen molar-refractivity contribution in [3.63, 3.8) is 0 Å². The van der Waals surface area contributed by atoms with Crippen molar-refractivity contribution in [1.82, 2.24) is 4.57 Å². The Morgan fingerprint density at radius 1 is 1.47 bits per heavy atom. The van der Waals surface area contributed by atoms with Crippen LogP contribution >= 0.6 is 15.9 Å². The van der Waals surface area contributed by atoms with E-state index in [0.717, 1.165) is 20.9 Å². The summed E-state index contributed by atoms with van der Waals surface area (Å²) in [5.74, 6) is 0. The number of fused-ring (bicyclic) bond motifs is 1. The maximum absolute atomic E-state index is 8.51. The molecular weight excluding hydrogens is 252 g/mol. The van der Waals surface area contributed by atoms with Crippen LogP contribution in [0.4, 0.5) is 0 Å². The van der Waals surface area contributed by atoms with E-state index >= 15 is 0 Å². The molecule has 2 aromatic rings. The molecule has 0 fully saturated rings. The van der Waals surface area contributed by atoms with Crippen molar-refractivity contribution >= 4 is 32.9 Å². The molecule has 0 aliphatic carbocycles. The van der Waals surface area contributed by atoms with Gasteiger partial charge in [0.2, 0.25) is 0 Å². The van der Waals surface area contributed by atoms with Gasteiger partial charge in [-0.1, -0.05) is 15.9 Å². The number of rotatable bonds is 1. The number of halogens is 1.